The van der Waals surface area contributed by atoms with Crippen LogP contribution in [0.25, 0.3) is 16.2 Å². The fraction of sp³-hybridized carbons (Fsp3) is 0.450. The Morgan fingerprint density at radius 3 is 2.71 bits per heavy atom. The molecule has 1 N–H and O–H groups in total. The second-order valence-corrected chi connectivity index (χ2v) is 8.08. The van der Waals surface area contributed by atoms with Gasteiger partial charge in [-0.3, -0.25) is 4.79 Å². The van der Waals surface area contributed by atoms with Gasteiger partial charge in [0, 0.05) is 38.2 Å². The third kappa shape index (κ3) is 4.02. The predicted octanol–water partition coefficient (Wildman–Crippen LogP) is 2.75. The van der Waals surface area contributed by atoms with Gasteiger partial charge in [-0.05, 0) is 19.8 Å². The molecule has 2 aromatic heterocycles. The van der Waals surface area contributed by atoms with Crippen molar-refractivity contribution in [3.05, 3.63) is 36.0 Å². The third-order valence-corrected chi connectivity index (χ3v) is 6.10. The number of imidazole rings is 1. The van der Waals surface area contributed by atoms with E-state index in [0.29, 0.717) is 13.2 Å². The van der Waals surface area contributed by atoms with Crippen LogP contribution in [-0.2, 0) is 9.53 Å². The number of piperidine rings is 1. The minimum Gasteiger partial charge on any atom is -0.383 e. The molecule has 0 radical (unpaired) electrons. The number of nitrogens with one attached hydrogen (secondary N) is 1. The smallest absolute Gasteiger partial charge is 0.223 e. The average Bonchev–Trinajstić information content (AvgIpc) is 3.28. The molecule has 0 spiro atoms. The van der Waals surface area contributed by atoms with Crippen molar-refractivity contribution in [2.45, 2.75) is 19.8 Å². The van der Waals surface area contributed by atoms with Crippen molar-refractivity contribution in [2.24, 2.45) is 5.92 Å². The summed E-state index contributed by atoms with van der Waals surface area (Å²) in [6, 6.07) is 8.37. The Bertz CT molecular complexity index is 910. The van der Waals surface area contributed by atoms with Crippen LogP contribution in [0.1, 0.15) is 18.4 Å². The molecule has 1 aliphatic rings. The zero-order chi connectivity index (χ0) is 19.5. The van der Waals surface area contributed by atoms with Crippen LogP contribution < -0.4 is 10.2 Å². The first-order valence-corrected chi connectivity index (χ1v) is 10.4. The van der Waals surface area contributed by atoms with Crippen molar-refractivity contribution in [3.8, 4) is 11.3 Å². The highest BCUT2D eigenvalue weighted by atomic mass is 32.1. The molecule has 28 heavy (non-hydrogen) atoms. The number of anilines is 1. The normalized spacial score (nSPS) is 15.3. The van der Waals surface area contributed by atoms with E-state index < -0.39 is 0 Å². The van der Waals surface area contributed by atoms with Crippen molar-refractivity contribution in [1.82, 2.24) is 19.9 Å². The van der Waals surface area contributed by atoms with Crippen molar-refractivity contribution < 1.29 is 9.53 Å². The van der Waals surface area contributed by atoms with Crippen molar-refractivity contribution in [2.75, 3.05) is 38.3 Å². The van der Waals surface area contributed by atoms with Crippen molar-refractivity contribution in [1.29, 1.82) is 0 Å². The number of amides is 1. The Labute approximate surface area is 168 Å². The van der Waals surface area contributed by atoms with Gasteiger partial charge in [0.25, 0.3) is 0 Å². The molecular formula is C20H25N5O2S. The molecule has 1 aromatic carbocycles. The standard InChI is InChI=1S/C20H25N5O2S/c1-14-3-5-15(6-4-14)17-13-25-19(22-17)28-20(23-25)24-10-7-16(8-11-24)18(26)21-9-12-27-2/h3-6,13,16H,7-12H2,1-2H3,(H,21,26). The lowest BCUT2D eigenvalue weighted by molar-refractivity contribution is -0.125. The third-order valence-electron chi connectivity index (χ3n) is 5.12. The molecule has 0 aliphatic carbocycles. The van der Waals surface area contributed by atoms with Gasteiger partial charge in [-0.15, -0.1) is 5.10 Å². The Kier molecular flexibility index (Phi) is 5.59. The summed E-state index contributed by atoms with van der Waals surface area (Å²) in [5, 5.41) is 8.62. The van der Waals surface area contributed by atoms with Crippen LogP contribution in [0.15, 0.2) is 30.5 Å². The van der Waals surface area contributed by atoms with Crippen LogP contribution in [0.3, 0.4) is 0 Å². The van der Waals surface area contributed by atoms with Gasteiger partial charge in [0.05, 0.1) is 18.5 Å². The minimum absolute atomic E-state index is 0.0743. The number of rotatable bonds is 6. The fourth-order valence-corrected chi connectivity index (χ4v) is 4.37. The van der Waals surface area contributed by atoms with E-state index in [2.05, 4.69) is 41.4 Å². The summed E-state index contributed by atoms with van der Waals surface area (Å²) in [6.45, 7) is 4.88. The van der Waals surface area contributed by atoms with Gasteiger partial charge >= 0.3 is 0 Å². The minimum atomic E-state index is 0.0743. The van der Waals surface area contributed by atoms with Crippen LogP contribution in [0, 0.1) is 12.8 Å². The SMILES string of the molecule is COCCNC(=O)C1CCN(c2nn3cc(-c4ccc(C)cc4)nc3s2)CC1. The molecule has 0 bridgehead atoms. The number of hydrogen-bond acceptors (Lipinski definition) is 6. The molecule has 1 fully saturated rings. The first-order chi connectivity index (χ1) is 13.6. The topological polar surface area (TPSA) is 71.8 Å². The molecule has 3 heterocycles. The lowest BCUT2D eigenvalue weighted by Gasteiger charge is -2.30. The number of ether oxygens (including phenoxy) is 1. The highest BCUT2D eigenvalue weighted by Crippen LogP contribution is 2.29. The molecule has 0 atom stereocenters. The molecule has 7 nitrogen and oxygen atoms in total. The molecule has 8 heteroatoms. The Balaban J connectivity index is 1.38. The quantitative estimate of drug-likeness (QED) is 0.646. The molecular weight excluding hydrogens is 374 g/mol. The summed E-state index contributed by atoms with van der Waals surface area (Å²) >= 11 is 1.60. The summed E-state index contributed by atoms with van der Waals surface area (Å²) in [6.07, 6.45) is 3.67. The number of methoxy groups -OCH3 is 1. The number of hydrogen-bond donors (Lipinski definition) is 1. The summed E-state index contributed by atoms with van der Waals surface area (Å²) in [5.74, 6) is 0.207. The van der Waals surface area contributed by atoms with E-state index in [-0.39, 0.29) is 11.8 Å². The molecule has 3 aromatic rings. The highest BCUT2D eigenvalue weighted by molar-refractivity contribution is 7.20. The molecule has 1 saturated heterocycles. The van der Waals surface area contributed by atoms with Crippen LogP contribution in [0.5, 0.6) is 0 Å². The van der Waals surface area contributed by atoms with Crippen LogP contribution in [0.4, 0.5) is 5.13 Å². The van der Waals surface area contributed by atoms with E-state index in [1.165, 1.54) is 5.56 Å². The summed E-state index contributed by atoms with van der Waals surface area (Å²) < 4.78 is 6.84. The molecule has 148 valence electrons. The lowest BCUT2D eigenvalue weighted by atomic mass is 9.96. The van der Waals surface area contributed by atoms with E-state index in [9.17, 15) is 4.79 Å². The maximum atomic E-state index is 12.2. The first-order valence-electron chi connectivity index (χ1n) is 9.59. The molecule has 4 rings (SSSR count). The van der Waals surface area contributed by atoms with Crippen LogP contribution >= 0.6 is 11.3 Å². The van der Waals surface area contributed by atoms with Crippen molar-refractivity contribution >= 4 is 27.3 Å². The first kappa shape index (κ1) is 18.9. The number of carbonyl (C=O) groups is 1. The van der Waals surface area contributed by atoms with Gasteiger partial charge in [0.15, 0.2) is 0 Å². The number of benzene rings is 1. The average molecular weight is 400 g/mol. The van der Waals surface area contributed by atoms with E-state index in [1.807, 2.05) is 10.7 Å². The number of fused-ring (bicyclic) bond motifs is 1. The van der Waals surface area contributed by atoms with Gasteiger partial charge in [-0.1, -0.05) is 41.2 Å². The second kappa shape index (κ2) is 8.28. The predicted molar refractivity (Wildman–Crippen MR) is 111 cm³/mol. The van der Waals surface area contributed by atoms with Gasteiger partial charge < -0.3 is 15.0 Å². The zero-order valence-corrected chi connectivity index (χ0v) is 17.0. The van der Waals surface area contributed by atoms with E-state index in [4.69, 9.17) is 14.8 Å². The maximum Gasteiger partial charge on any atom is 0.223 e. The van der Waals surface area contributed by atoms with E-state index in [1.54, 1.807) is 18.4 Å². The summed E-state index contributed by atoms with van der Waals surface area (Å²) in [7, 11) is 1.64. The number of aryl methyl sites for hydroxylation is 1. The van der Waals surface area contributed by atoms with Gasteiger partial charge in [-0.2, -0.15) is 0 Å². The van der Waals surface area contributed by atoms with Gasteiger partial charge in [0.1, 0.15) is 0 Å². The number of nitrogens with zero attached hydrogens (tertiary/aromatic N) is 4. The largest absolute Gasteiger partial charge is 0.383 e. The summed E-state index contributed by atoms with van der Waals surface area (Å²) in [5.41, 5.74) is 3.28. The lowest BCUT2D eigenvalue weighted by Crippen LogP contribution is -2.41. The second-order valence-electron chi connectivity index (χ2n) is 7.15. The molecule has 1 amide bonds. The maximum absolute atomic E-state index is 12.2. The number of carbonyl (C=O) groups excluding carboxylic acids is 1. The molecule has 0 saturated carbocycles. The molecule has 0 unspecified atom stereocenters. The Hall–Kier alpha value is -2.45. The Morgan fingerprint density at radius 2 is 2.04 bits per heavy atom. The van der Waals surface area contributed by atoms with Gasteiger partial charge in [0.2, 0.25) is 16.0 Å². The van der Waals surface area contributed by atoms with Crippen LogP contribution in [0.2, 0.25) is 0 Å². The van der Waals surface area contributed by atoms with E-state index >= 15 is 0 Å². The fourth-order valence-electron chi connectivity index (χ4n) is 3.43. The Morgan fingerprint density at radius 1 is 1.29 bits per heavy atom. The van der Waals surface area contributed by atoms with Crippen LogP contribution in [-0.4, -0.2) is 53.9 Å². The van der Waals surface area contributed by atoms with Gasteiger partial charge in [-0.25, -0.2) is 9.50 Å². The molecule has 1 aliphatic heterocycles. The zero-order valence-electron chi connectivity index (χ0n) is 16.2. The monoisotopic (exact) mass is 399 g/mol. The highest BCUT2D eigenvalue weighted by Gasteiger charge is 2.26. The summed E-state index contributed by atoms with van der Waals surface area (Å²) in [4.78, 5) is 20.1. The number of aromatic nitrogens is 3. The van der Waals surface area contributed by atoms with E-state index in [0.717, 1.165) is 47.3 Å². The van der Waals surface area contributed by atoms with Crippen molar-refractivity contribution in [3.63, 3.8) is 0 Å².